The van der Waals surface area contributed by atoms with Crippen LogP contribution in [0.5, 0.6) is 0 Å². The molecule has 1 heterocycles. The van der Waals surface area contributed by atoms with E-state index in [-0.39, 0.29) is 0 Å². The Bertz CT molecular complexity index is 362. The van der Waals surface area contributed by atoms with E-state index >= 15 is 0 Å². The van der Waals surface area contributed by atoms with Crippen molar-refractivity contribution >= 4 is 11.3 Å². The molecule has 1 aromatic heterocycles. The lowest BCUT2D eigenvalue weighted by atomic mass is 10.1. The van der Waals surface area contributed by atoms with Gasteiger partial charge in [-0.25, -0.2) is 4.98 Å². The molecule has 2 aromatic rings. The van der Waals surface area contributed by atoms with Crippen molar-refractivity contribution < 1.29 is 0 Å². The van der Waals surface area contributed by atoms with E-state index in [9.17, 15) is 0 Å². The second-order valence-corrected chi connectivity index (χ2v) is 4.17. The van der Waals surface area contributed by atoms with Crippen LogP contribution in [0.25, 0.3) is 11.3 Å². The van der Waals surface area contributed by atoms with Gasteiger partial charge in [0, 0.05) is 10.9 Å². The molecule has 0 aliphatic rings. The molecule has 0 bridgehead atoms. The fourth-order valence-corrected chi connectivity index (χ4v) is 1.64. The number of benzene rings is 1. The summed E-state index contributed by atoms with van der Waals surface area (Å²) in [5, 5.41) is 2.06. The Hall–Kier alpha value is -1.15. The van der Waals surface area contributed by atoms with E-state index in [0.717, 1.165) is 5.69 Å². The van der Waals surface area contributed by atoms with Gasteiger partial charge >= 0.3 is 0 Å². The van der Waals surface area contributed by atoms with Gasteiger partial charge in [-0.1, -0.05) is 50.1 Å². The first-order chi connectivity index (χ1) is 7.27. The van der Waals surface area contributed by atoms with Crippen molar-refractivity contribution in [1.82, 2.24) is 4.98 Å². The molecule has 0 saturated carbocycles. The summed E-state index contributed by atoms with van der Waals surface area (Å²) in [5.41, 5.74) is 5.41. The van der Waals surface area contributed by atoms with Gasteiger partial charge in [-0.05, 0) is 6.92 Å². The summed E-state index contributed by atoms with van der Waals surface area (Å²) < 4.78 is 0. The van der Waals surface area contributed by atoms with Gasteiger partial charge in [-0.2, -0.15) is 0 Å². The molecule has 0 aliphatic carbocycles. The Morgan fingerprint density at radius 2 is 1.73 bits per heavy atom. The molecule has 0 atom stereocenters. The molecule has 0 radical (unpaired) electrons. The van der Waals surface area contributed by atoms with Gasteiger partial charge in [-0.15, -0.1) is 11.3 Å². The quantitative estimate of drug-likeness (QED) is 0.686. The zero-order valence-corrected chi connectivity index (χ0v) is 10.3. The number of nitrogens with zero attached hydrogens (tertiary/aromatic N) is 1. The third-order valence-corrected chi connectivity index (χ3v) is 2.37. The molecule has 0 spiro atoms. The lowest BCUT2D eigenvalue weighted by molar-refractivity contribution is 1.09. The van der Waals surface area contributed by atoms with Crippen LogP contribution in [0.15, 0.2) is 35.2 Å². The number of rotatable bonds is 1. The maximum absolute atomic E-state index is 4.23. The van der Waals surface area contributed by atoms with E-state index in [0.29, 0.717) is 0 Å². The largest absolute Gasteiger partial charge is 0.245 e. The van der Waals surface area contributed by atoms with E-state index in [4.69, 9.17) is 0 Å². The molecule has 15 heavy (non-hydrogen) atoms. The molecular weight excluding hydrogens is 202 g/mol. The number of aryl methyl sites for hydroxylation is 1. The Morgan fingerprint density at radius 1 is 1.13 bits per heavy atom. The minimum atomic E-state index is 1.07. The van der Waals surface area contributed by atoms with Gasteiger partial charge in [0.2, 0.25) is 0 Å². The maximum Gasteiger partial charge on any atom is 0.0811 e. The van der Waals surface area contributed by atoms with Gasteiger partial charge in [0.15, 0.2) is 0 Å². The minimum absolute atomic E-state index is 1.07. The Labute approximate surface area is 95.8 Å². The summed E-state index contributed by atoms with van der Waals surface area (Å²) in [5.74, 6) is 0. The predicted molar refractivity (Wildman–Crippen MR) is 68.3 cm³/mol. The van der Waals surface area contributed by atoms with Crippen molar-refractivity contribution in [1.29, 1.82) is 0 Å². The van der Waals surface area contributed by atoms with Crippen molar-refractivity contribution in [2.24, 2.45) is 0 Å². The van der Waals surface area contributed by atoms with Crippen LogP contribution < -0.4 is 0 Å². The van der Waals surface area contributed by atoms with Crippen LogP contribution in [-0.4, -0.2) is 4.98 Å². The Morgan fingerprint density at radius 3 is 2.20 bits per heavy atom. The summed E-state index contributed by atoms with van der Waals surface area (Å²) in [4.78, 5) is 4.23. The van der Waals surface area contributed by atoms with E-state index in [1.807, 2.05) is 5.51 Å². The van der Waals surface area contributed by atoms with Crippen LogP contribution in [0.3, 0.4) is 0 Å². The zero-order chi connectivity index (χ0) is 11.1. The molecule has 2 rings (SSSR count). The van der Waals surface area contributed by atoms with E-state index in [1.165, 1.54) is 17.5 Å². The number of aromatic nitrogens is 1. The highest BCUT2D eigenvalue weighted by Gasteiger charge is 1.96. The van der Waals surface area contributed by atoms with Crippen LogP contribution >= 0.6 is 11.3 Å². The fraction of sp³-hybridized carbons (Fsp3) is 0.308. The number of hydrogen-bond donors (Lipinski definition) is 0. The SMILES string of the molecule is CCC.Cc1ccc(-c2cscn2)cc1. The van der Waals surface area contributed by atoms with Crippen LogP contribution in [-0.2, 0) is 0 Å². The monoisotopic (exact) mass is 219 g/mol. The molecule has 0 amide bonds. The fourth-order valence-electron chi connectivity index (χ4n) is 1.08. The van der Waals surface area contributed by atoms with Crippen LogP contribution in [0, 0.1) is 6.92 Å². The predicted octanol–water partition coefficient (Wildman–Crippen LogP) is 4.53. The third kappa shape index (κ3) is 3.84. The molecule has 0 fully saturated rings. The Balaban J connectivity index is 0.000000337. The molecule has 0 saturated heterocycles. The highest BCUT2D eigenvalue weighted by Crippen LogP contribution is 2.18. The van der Waals surface area contributed by atoms with Gasteiger partial charge in [0.25, 0.3) is 0 Å². The van der Waals surface area contributed by atoms with E-state index in [1.54, 1.807) is 11.3 Å². The highest BCUT2D eigenvalue weighted by molar-refractivity contribution is 7.07. The first-order valence-electron chi connectivity index (χ1n) is 5.23. The topological polar surface area (TPSA) is 12.9 Å². The zero-order valence-electron chi connectivity index (χ0n) is 9.53. The van der Waals surface area contributed by atoms with Gasteiger partial charge in [-0.3, -0.25) is 0 Å². The lowest BCUT2D eigenvalue weighted by Gasteiger charge is -1.95. The first-order valence-corrected chi connectivity index (χ1v) is 6.17. The second kappa shape index (κ2) is 6.36. The average Bonchev–Trinajstić information content (AvgIpc) is 2.73. The second-order valence-electron chi connectivity index (χ2n) is 3.45. The van der Waals surface area contributed by atoms with E-state index < -0.39 is 0 Å². The maximum atomic E-state index is 4.23. The van der Waals surface area contributed by atoms with E-state index in [2.05, 4.69) is 55.4 Å². The molecule has 0 unspecified atom stereocenters. The van der Waals surface area contributed by atoms with Crippen molar-refractivity contribution in [3.05, 3.63) is 40.7 Å². The third-order valence-electron chi connectivity index (χ3n) is 1.78. The van der Waals surface area contributed by atoms with Crippen molar-refractivity contribution in [2.45, 2.75) is 27.2 Å². The average molecular weight is 219 g/mol. The van der Waals surface area contributed by atoms with Gasteiger partial charge < -0.3 is 0 Å². The standard InChI is InChI=1S/C10H9NS.C3H8/c1-8-2-4-9(5-3-8)10-6-12-7-11-10;1-3-2/h2-7H,1H3;3H2,1-2H3. The molecule has 1 nitrogen and oxygen atoms in total. The number of thiazole rings is 1. The molecular formula is C13H17NS. The summed E-state index contributed by atoms with van der Waals surface area (Å²) in [6.07, 6.45) is 1.25. The van der Waals surface area contributed by atoms with Crippen molar-refractivity contribution in [3.8, 4) is 11.3 Å². The summed E-state index contributed by atoms with van der Waals surface area (Å²) in [6, 6.07) is 8.41. The van der Waals surface area contributed by atoms with Crippen LogP contribution in [0.1, 0.15) is 25.8 Å². The highest BCUT2D eigenvalue weighted by atomic mass is 32.1. The smallest absolute Gasteiger partial charge is 0.0811 e. The van der Waals surface area contributed by atoms with Crippen molar-refractivity contribution in [2.75, 3.05) is 0 Å². The molecule has 1 aromatic carbocycles. The minimum Gasteiger partial charge on any atom is -0.245 e. The van der Waals surface area contributed by atoms with Crippen LogP contribution in [0.4, 0.5) is 0 Å². The summed E-state index contributed by atoms with van der Waals surface area (Å²) in [6.45, 7) is 6.34. The first kappa shape index (κ1) is 11.9. The van der Waals surface area contributed by atoms with Gasteiger partial charge in [0.05, 0.1) is 11.2 Å². The summed E-state index contributed by atoms with van der Waals surface area (Å²) in [7, 11) is 0. The molecule has 0 aliphatic heterocycles. The number of hydrogen-bond acceptors (Lipinski definition) is 2. The molecule has 2 heteroatoms. The lowest BCUT2D eigenvalue weighted by Crippen LogP contribution is -1.76. The summed E-state index contributed by atoms with van der Waals surface area (Å²) >= 11 is 1.63. The van der Waals surface area contributed by atoms with Crippen LogP contribution in [0.2, 0.25) is 0 Å². The van der Waals surface area contributed by atoms with Gasteiger partial charge in [0.1, 0.15) is 0 Å². The molecule has 0 N–H and O–H groups in total. The normalized spacial score (nSPS) is 9.27. The Kier molecular flexibility index (Phi) is 5.05. The molecule has 80 valence electrons. The van der Waals surface area contributed by atoms with Crippen molar-refractivity contribution in [3.63, 3.8) is 0 Å².